The Balaban J connectivity index is 1.94. The van der Waals surface area contributed by atoms with Gasteiger partial charge < -0.3 is 14.9 Å². The van der Waals surface area contributed by atoms with Crippen LogP contribution in [0.15, 0.2) is 61.1 Å². The quantitative estimate of drug-likeness (QED) is 0.617. The molecule has 4 rings (SSSR count). The van der Waals surface area contributed by atoms with Crippen LogP contribution in [0.4, 0.5) is 4.79 Å². The third kappa shape index (κ3) is 2.26. The summed E-state index contributed by atoms with van der Waals surface area (Å²) in [6.45, 7) is 0. The van der Waals surface area contributed by atoms with E-state index in [2.05, 4.69) is 9.97 Å². The fraction of sp³-hybridized carbons (Fsp3) is 0. The van der Waals surface area contributed by atoms with Gasteiger partial charge in [-0.05, 0) is 24.3 Å². The van der Waals surface area contributed by atoms with E-state index in [1.807, 2.05) is 42.7 Å². The molecule has 0 spiro atoms. The largest absolute Gasteiger partial charge is 0.410 e. The Kier molecular flexibility index (Phi) is 2.94. The number of fused-ring (bicyclic) bond motifs is 2. The molecule has 0 aliphatic rings. The second-order valence-electron chi connectivity index (χ2n) is 5.03. The van der Waals surface area contributed by atoms with Crippen molar-refractivity contribution in [3.05, 3.63) is 61.1 Å². The minimum absolute atomic E-state index is 0.324. The van der Waals surface area contributed by atoms with E-state index in [9.17, 15) is 4.79 Å². The number of pyridine rings is 2. The van der Waals surface area contributed by atoms with Crippen LogP contribution < -0.4 is 10.5 Å². The minimum Gasteiger partial charge on any atom is -0.406 e. The topological polar surface area (TPSA) is 82.5 Å². The van der Waals surface area contributed by atoms with Crippen molar-refractivity contribution in [2.75, 3.05) is 0 Å². The molecule has 0 saturated carbocycles. The van der Waals surface area contributed by atoms with Crippen LogP contribution in [0.1, 0.15) is 0 Å². The van der Waals surface area contributed by atoms with Crippen molar-refractivity contribution in [1.82, 2.24) is 14.4 Å². The van der Waals surface area contributed by atoms with Gasteiger partial charge in [-0.1, -0.05) is 18.2 Å². The molecule has 0 bridgehead atoms. The van der Waals surface area contributed by atoms with E-state index >= 15 is 0 Å². The number of carbonyl (C=O) groups excluding carboxylic acids is 1. The number of amides is 1. The van der Waals surface area contributed by atoms with Crippen LogP contribution >= 0.6 is 0 Å². The number of ether oxygens (including phenoxy) is 1. The van der Waals surface area contributed by atoms with Crippen LogP contribution in [0.25, 0.3) is 27.8 Å². The first-order valence-electron chi connectivity index (χ1n) is 7.01. The molecule has 0 aliphatic carbocycles. The molecule has 0 aliphatic heterocycles. The minimum atomic E-state index is -0.864. The molecule has 2 N–H and O–H groups in total. The number of nitrogens with two attached hydrogens (primary N) is 1. The summed E-state index contributed by atoms with van der Waals surface area (Å²) in [5, 5.41) is 1.01. The Morgan fingerprint density at radius 1 is 1.13 bits per heavy atom. The van der Waals surface area contributed by atoms with Crippen molar-refractivity contribution in [2.45, 2.75) is 0 Å². The van der Waals surface area contributed by atoms with Crippen molar-refractivity contribution in [3.8, 4) is 17.0 Å². The van der Waals surface area contributed by atoms with E-state index in [0.29, 0.717) is 11.4 Å². The number of para-hydroxylation sites is 1. The Morgan fingerprint density at radius 2 is 2.00 bits per heavy atom. The van der Waals surface area contributed by atoms with Crippen molar-refractivity contribution in [2.24, 2.45) is 5.73 Å². The summed E-state index contributed by atoms with van der Waals surface area (Å²) >= 11 is 0. The third-order valence-corrected chi connectivity index (χ3v) is 3.58. The van der Waals surface area contributed by atoms with Crippen molar-refractivity contribution >= 4 is 22.6 Å². The number of hydrogen-bond donors (Lipinski definition) is 1. The summed E-state index contributed by atoms with van der Waals surface area (Å²) in [7, 11) is 0. The number of nitrogens with zero attached hydrogens (tertiary/aromatic N) is 3. The first-order chi connectivity index (χ1) is 11.2. The van der Waals surface area contributed by atoms with Gasteiger partial charge in [-0.25, -0.2) is 9.78 Å². The first kappa shape index (κ1) is 13.3. The van der Waals surface area contributed by atoms with Gasteiger partial charge in [0.2, 0.25) is 0 Å². The van der Waals surface area contributed by atoms with Gasteiger partial charge >= 0.3 is 6.09 Å². The van der Waals surface area contributed by atoms with Gasteiger partial charge in [0.25, 0.3) is 0 Å². The van der Waals surface area contributed by atoms with Gasteiger partial charge in [-0.3, -0.25) is 4.98 Å². The molecule has 0 saturated heterocycles. The van der Waals surface area contributed by atoms with Gasteiger partial charge in [-0.15, -0.1) is 0 Å². The van der Waals surface area contributed by atoms with Gasteiger partial charge in [0.15, 0.2) is 11.4 Å². The average Bonchev–Trinajstić information content (AvgIpc) is 2.99. The van der Waals surface area contributed by atoms with Crippen LogP contribution in [0, 0.1) is 0 Å². The highest BCUT2D eigenvalue weighted by molar-refractivity contribution is 5.93. The lowest BCUT2D eigenvalue weighted by Gasteiger charge is -2.02. The summed E-state index contributed by atoms with van der Waals surface area (Å²) in [6.07, 6.45) is 4.60. The lowest BCUT2D eigenvalue weighted by molar-refractivity contribution is 0.211. The smallest absolute Gasteiger partial charge is 0.406 e. The first-order valence-corrected chi connectivity index (χ1v) is 7.01. The highest BCUT2D eigenvalue weighted by Gasteiger charge is 2.12. The van der Waals surface area contributed by atoms with E-state index in [1.165, 1.54) is 0 Å². The monoisotopic (exact) mass is 304 g/mol. The average molecular weight is 304 g/mol. The molecule has 1 amide bonds. The van der Waals surface area contributed by atoms with Crippen molar-refractivity contribution in [3.63, 3.8) is 0 Å². The Morgan fingerprint density at radius 3 is 2.87 bits per heavy atom. The number of benzene rings is 1. The maximum absolute atomic E-state index is 11.0. The maximum Gasteiger partial charge on any atom is 0.410 e. The second kappa shape index (κ2) is 5.10. The summed E-state index contributed by atoms with van der Waals surface area (Å²) < 4.78 is 6.80. The molecule has 1 aromatic carbocycles. The van der Waals surface area contributed by atoms with Crippen LogP contribution in [0.5, 0.6) is 5.75 Å². The number of aromatic nitrogens is 3. The van der Waals surface area contributed by atoms with Gasteiger partial charge in [-0.2, -0.15) is 0 Å². The number of rotatable bonds is 2. The predicted octanol–water partition coefficient (Wildman–Crippen LogP) is 3.01. The third-order valence-electron chi connectivity index (χ3n) is 3.58. The normalized spacial score (nSPS) is 11.0. The molecular formula is C17H12N4O2. The highest BCUT2D eigenvalue weighted by atomic mass is 16.5. The fourth-order valence-corrected chi connectivity index (χ4v) is 2.62. The van der Waals surface area contributed by atoms with Gasteiger partial charge in [0.1, 0.15) is 0 Å². The van der Waals surface area contributed by atoms with E-state index < -0.39 is 6.09 Å². The second-order valence-corrected chi connectivity index (χ2v) is 5.03. The van der Waals surface area contributed by atoms with E-state index in [-0.39, 0.29) is 0 Å². The number of carbonyl (C=O) groups is 1. The lowest BCUT2D eigenvalue weighted by atomic mass is 10.1. The molecule has 0 atom stereocenters. The molecule has 6 heteroatoms. The molecule has 3 aromatic heterocycles. The number of primary amides is 1. The fourth-order valence-electron chi connectivity index (χ4n) is 2.62. The Labute approximate surface area is 131 Å². The standard InChI is InChI=1S/C17H12N4O2/c18-17(22)23-15-6-3-9-21-10-14(20-16(15)21)12-7-8-19-13-5-2-1-4-11(12)13/h1-10H,(H2,18,22). The number of hydrogen-bond acceptors (Lipinski definition) is 4. The zero-order chi connectivity index (χ0) is 15.8. The van der Waals surface area contributed by atoms with E-state index in [1.54, 1.807) is 22.7 Å². The van der Waals surface area contributed by atoms with E-state index in [4.69, 9.17) is 10.5 Å². The van der Waals surface area contributed by atoms with Gasteiger partial charge in [0, 0.05) is 29.5 Å². The predicted molar refractivity (Wildman–Crippen MR) is 86.1 cm³/mol. The Bertz CT molecular complexity index is 1030. The molecule has 112 valence electrons. The highest BCUT2D eigenvalue weighted by Crippen LogP contribution is 2.29. The zero-order valence-corrected chi connectivity index (χ0v) is 12.0. The van der Waals surface area contributed by atoms with Crippen LogP contribution in [0.2, 0.25) is 0 Å². The summed E-state index contributed by atoms with van der Waals surface area (Å²) in [5.41, 5.74) is 8.26. The Hall–Kier alpha value is -3.41. The summed E-state index contributed by atoms with van der Waals surface area (Å²) in [4.78, 5) is 20.0. The number of imidazole rings is 1. The van der Waals surface area contributed by atoms with Crippen molar-refractivity contribution in [1.29, 1.82) is 0 Å². The SMILES string of the molecule is NC(=O)Oc1cccn2cc(-c3ccnc4ccccc34)nc12. The molecular weight excluding hydrogens is 292 g/mol. The van der Waals surface area contributed by atoms with Crippen LogP contribution in [-0.4, -0.2) is 20.5 Å². The lowest BCUT2D eigenvalue weighted by Crippen LogP contribution is -2.16. The van der Waals surface area contributed by atoms with Crippen LogP contribution in [-0.2, 0) is 0 Å². The molecule has 4 aromatic rings. The van der Waals surface area contributed by atoms with Crippen LogP contribution in [0.3, 0.4) is 0 Å². The van der Waals surface area contributed by atoms with E-state index in [0.717, 1.165) is 22.2 Å². The molecule has 23 heavy (non-hydrogen) atoms. The molecule has 0 unspecified atom stereocenters. The molecule has 3 heterocycles. The maximum atomic E-state index is 11.0. The summed E-state index contributed by atoms with van der Waals surface area (Å²) in [5.74, 6) is 0.324. The summed E-state index contributed by atoms with van der Waals surface area (Å²) in [6, 6.07) is 13.2. The zero-order valence-electron chi connectivity index (χ0n) is 12.0. The molecule has 6 nitrogen and oxygen atoms in total. The molecule has 0 fully saturated rings. The van der Waals surface area contributed by atoms with Gasteiger partial charge in [0.05, 0.1) is 11.2 Å². The van der Waals surface area contributed by atoms with Crippen molar-refractivity contribution < 1.29 is 9.53 Å². The molecule has 0 radical (unpaired) electrons.